The summed E-state index contributed by atoms with van der Waals surface area (Å²) >= 11 is 1.69. The van der Waals surface area contributed by atoms with E-state index >= 15 is 0 Å². The van der Waals surface area contributed by atoms with Gasteiger partial charge >= 0.3 is 0 Å². The van der Waals surface area contributed by atoms with Crippen LogP contribution in [0.25, 0.3) is 21.7 Å². The van der Waals surface area contributed by atoms with Gasteiger partial charge in [-0.3, -0.25) is 0 Å². The Bertz CT molecular complexity index is 1000. The fraction of sp³-hybridized carbons (Fsp3) is 0. The van der Waals surface area contributed by atoms with Crippen LogP contribution in [0.2, 0.25) is 0 Å². The summed E-state index contributed by atoms with van der Waals surface area (Å²) in [4.78, 5) is 1.21. The van der Waals surface area contributed by atoms with Crippen molar-refractivity contribution in [2.75, 3.05) is 0 Å². The lowest BCUT2D eigenvalue weighted by molar-refractivity contribution is 1.08. The third kappa shape index (κ3) is 2.83. The van der Waals surface area contributed by atoms with Gasteiger partial charge in [0.15, 0.2) is 0 Å². The smallest absolute Gasteiger partial charge is 0.148 e. The predicted molar refractivity (Wildman–Crippen MR) is 92.8 cm³/mol. The largest absolute Gasteiger partial charge is 0.323 e. The Morgan fingerprint density at radius 1 is 0.917 bits per heavy atom. The Balaban J connectivity index is 1.95. The van der Waals surface area contributed by atoms with Crippen LogP contribution in [0.4, 0.5) is 0 Å². The molecule has 2 heterocycles. The molecule has 0 unspecified atom stereocenters. The van der Waals surface area contributed by atoms with Gasteiger partial charge in [-0.05, 0) is 35.2 Å². The molecule has 3 rings (SSSR count). The lowest BCUT2D eigenvalue weighted by Gasteiger charge is -2.04. The van der Waals surface area contributed by atoms with E-state index < -0.39 is 0 Å². The maximum atomic E-state index is 9.22. The Hall–Kier alpha value is -3.59. The number of rotatable bonds is 3. The fourth-order valence-electron chi connectivity index (χ4n) is 2.35. The van der Waals surface area contributed by atoms with Crippen LogP contribution in [-0.2, 0) is 0 Å². The topological polar surface area (TPSA) is 76.3 Å². The van der Waals surface area contributed by atoms with E-state index in [-0.39, 0.29) is 11.1 Å². The summed E-state index contributed by atoms with van der Waals surface area (Å²) < 4.78 is 1.86. The zero-order valence-corrected chi connectivity index (χ0v) is 13.3. The average molecular weight is 326 g/mol. The van der Waals surface area contributed by atoms with Crippen molar-refractivity contribution >= 4 is 16.9 Å². The first kappa shape index (κ1) is 15.3. The standard InChI is InChI=1S/C19H10N4S/c20-10-16(11-21)18(12-22)15-7-8-23(13-15)17-5-3-14(4-6-17)19-2-1-9-24-19/h1-9,13H. The molecule has 0 aliphatic heterocycles. The van der Waals surface area contributed by atoms with Crippen molar-refractivity contribution in [3.05, 3.63) is 71.4 Å². The number of hydrogen-bond acceptors (Lipinski definition) is 4. The van der Waals surface area contributed by atoms with Gasteiger partial charge in [0.25, 0.3) is 0 Å². The van der Waals surface area contributed by atoms with Gasteiger partial charge in [-0.2, -0.15) is 15.8 Å². The first-order chi connectivity index (χ1) is 11.8. The number of nitriles is 3. The zero-order chi connectivity index (χ0) is 16.9. The summed E-state index contributed by atoms with van der Waals surface area (Å²) in [6.45, 7) is 0. The minimum absolute atomic E-state index is 0.0916. The highest BCUT2D eigenvalue weighted by molar-refractivity contribution is 7.13. The van der Waals surface area contributed by atoms with Crippen LogP contribution < -0.4 is 0 Å². The number of hydrogen-bond donors (Lipinski definition) is 0. The van der Waals surface area contributed by atoms with E-state index in [0.29, 0.717) is 5.56 Å². The molecule has 112 valence electrons. The molecular formula is C19H10N4S. The molecule has 3 aromatic rings. The van der Waals surface area contributed by atoms with E-state index in [1.807, 2.05) is 46.3 Å². The molecule has 0 saturated carbocycles. The lowest BCUT2D eigenvalue weighted by atomic mass is 10.1. The summed E-state index contributed by atoms with van der Waals surface area (Å²) in [6, 6.07) is 19.3. The average Bonchev–Trinajstić information content (AvgIpc) is 3.31. The number of nitrogens with zero attached hydrogens (tertiary/aromatic N) is 4. The van der Waals surface area contributed by atoms with Crippen LogP contribution in [0.15, 0.2) is 65.8 Å². The molecule has 0 bridgehead atoms. The Kier molecular flexibility index (Phi) is 4.25. The van der Waals surface area contributed by atoms with E-state index in [1.165, 1.54) is 4.88 Å². The van der Waals surface area contributed by atoms with Crippen LogP contribution in [0.3, 0.4) is 0 Å². The minimum Gasteiger partial charge on any atom is -0.323 e. The third-order valence-electron chi connectivity index (χ3n) is 3.54. The Labute approximate surface area is 143 Å². The zero-order valence-electron chi connectivity index (χ0n) is 12.5. The maximum absolute atomic E-state index is 9.22. The molecule has 1 aromatic carbocycles. The van der Waals surface area contributed by atoms with Crippen molar-refractivity contribution in [1.29, 1.82) is 15.8 Å². The summed E-state index contributed by atoms with van der Waals surface area (Å²) in [7, 11) is 0. The molecule has 0 amide bonds. The molecule has 0 atom stereocenters. The summed E-state index contributed by atoms with van der Waals surface area (Å²) in [5.74, 6) is 0. The molecule has 24 heavy (non-hydrogen) atoms. The van der Waals surface area contributed by atoms with Crippen molar-refractivity contribution in [2.45, 2.75) is 0 Å². The summed E-state index contributed by atoms with van der Waals surface area (Å²) in [5, 5.41) is 29.1. The minimum atomic E-state index is -0.178. The molecule has 0 spiro atoms. The van der Waals surface area contributed by atoms with Gasteiger partial charge in [-0.1, -0.05) is 18.2 Å². The highest BCUT2D eigenvalue weighted by Crippen LogP contribution is 2.26. The molecule has 0 radical (unpaired) electrons. The van der Waals surface area contributed by atoms with Crippen LogP contribution >= 0.6 is 11.3 Å². The van der Waals surface area contributed by atoms with Crippen molar-refractivity contribution in [1.82, 2.24) is 4.57 Å². The second-order valence-corrected chi connectivity index (χ2v) is 5.86. The van der Waals surface area contributed by atoms with Gasteiger partial charge in [0.1, 0.15) is 23.8 Å². The predicted octanol–water partition coefficient (Wildman–Crippen LogP) is 4.53. The molecule has 0 aliphatic carbocycles. The molecular weight excluding hydrogens is 316 g/mol. The van der Waals surface area contributed by atoms with Gasteiger partial charge in [0.05, 0.1) is 5.57 Å². The van der Waals surface area contributed by atoms with Gasteiger partial charge < -0.3 is 4.57 Å². The highest BCUT2D eigenvalue weighted by atomic mass is 32.1. The van der Waals surface area contributed by atoms with Crippen molar-refractivity contribution in [3.63, 3.8) is 0 Å². The van der Waals surface area contributed by atoms with Crippen molar-refractivity contribution in [2.24, 2.45) is 0 Å². The maximum Gasteiger partial charge on any atom is 0.148 e. The molecule has 0 aliphatic rings. The lowest BCUT2D eigenvalue weighted by Crippen LogP contribution is -1.90. The molecule has 2 aromatic heterocycles. The third-order valence-corrected chi connectivity index (χ3v) is 4.46. The first-order valence-corrected chi connectivity index (χ1v) is 7.92. The second kappa shape index (κ2) is 6.67. The van der Waals surface area contributed by atoms with E-state index in [9.17, 15) is 5.26 Å². The van der Waals surface area contributed by atoms with Gasteiger partial charge in [0, 0.05) is 28.5 Å². The second-order valence-electron chi connectivity index (χ2n) is 4.92. The molecule has 4 nitrogen and oxygen atoms in total. The van der Waals surface area contributed by atoms with Gasteiger partial charge in [0.2, 0.25) is 0 Å². The van der Waals surface area contributed by atoms with E-state index in [4.69, 9.17) is 10.5 Å². The van der Waals surface area contributed by atoms with Crippen LogP contribution in [0, 0.1) is 34.0 Å². The quantitative estimate of drug-likeness (QED) is 0.663. The van der Waals surface area contributed by atoms with Crippen molar-refractivity contribution < 1.29 is 0 Å². The van der Waals surface area contributed by atoms with E-state index in [2.05, 4.69) is 6.07 Å². The number of aromatic nitrogens is 1. The molecule has 0 N–H and O–H groups in total. The number of benzene rings is 1. The van der Waals surface area contributed by atoms with Gasteiger partial charge in [-0.25, -0.2) is 0 Å². The molecule has 0 fully saturated rings. The van der Waals surface area contributed by atoms with E-state index in [0.717, 1.165) is 11.3 Å². The fourth-order valence-corrected chi connectivity index (χ4v) is 3.08. The monoisotopic (exact) mass is 326 g/mol. The normalized spacial score (nSPS) is 9.54. The van der Waals surface area contributed by atoms with Crippen LogP contribution in [0.1, 0.15) is 5.56 Å². The number of allylic oxidation sites excluding steroid dienone is 2. The summed E-state index contributed by atoms with van der Waals surface area (Å²) in [6.07, 6.45) is 3.55. The van der Waals surface area contributed by atoms with Crippen molar-refractivity contribution in [3.8, 4) is 34.3 Å². The highest BCUT2D eigenvalue weighted by Gasteiger charge is 2.10. The number of thiophene rings is 1. The Morgan fingerprint density at radius 3 is 2.25 bits per heavy atom. The van der Waals surface area contributed by atoms with Gasteiger partial charge in [-0.15, -0.1) is 11.3 Å². The first-order valence-electron chi connectivity index (χ1n) is 7.04. The molecule has 0 saturated heterocycles. The van der Waals surface area contributed by atoms with Crippen LogP contribution in [-0.4, -0.2) is 4.57 Å². The van der Waals surface area contributed by atoms with Crippen LogP contribution in [0.5, 0.6) is 0 Å². The van der Waals surface area contributed by atoms with E-state index in [1.54, 1.807) is 41.9 Å². The molecule has 5 heteroatoms. The SMILES string of the molecule is N#CC(C#N)=C(C#N)c1ccn(-c2ccc(-c3cccs3)cc2)c1. The summed E-state index contributed by atoms with van der Waals surface area (Å²) in [5.41, 5.74) is 2.56. The Morgan fingerprint density at radius 2 is 1.67 bits per heavy atom.